The SMILES string of the molecule is COc1ccc(OC)c(/C=C/C(=O)Nc2ccc(C(=O)N3CCN(C)CC3)cc2)c1. The Kier molecular flexibility index (Phi) is 7.08. The lowest BCUT2D eigenvalue weighted by molar-refractivity contribution is -0.111. The van der Waals surface area contributed by atoms with E-state index < -0.39 is 0 Å². The summed E-state index contributed by atoms with van der Waals surface area (Å²) in [6.45, 7) is 3.22. The van der Waals surface area contributed by atoms with E-state index in [0.717, 1.165) is 31.7 Å². The van der Waals surface area contributed by atoms with Crippen LogP contribution in [0.25, 0.3) is 6.08 Å². The largest absolute Gasteiger partial charge is 0.497 e. The fourth-order valence-electron chi connectivity index (χ4n) is 3.21. The van der Waals surface area contributed by atoms with Gasteiger partial charge in [0.1, 0.15) is 11.5 Å². The summed E-state index contributed by atoms with van der Waals surface area (Å²) in [4.78, 5) is 29.0. The van der Waals surface area contributed by atoms with Gasteiger partial charge < -0.3 is 24.6 Å². The highest BCUT2D eigenvalue weighted by Gasteiger charge is 2.20. The molecule has 0 aromatic heterocycles. The van der Waals surface area contributed by atoms with Gasteiger partial charge in [0.15, 0.2) is 0 Å². The Labute approximate surface area is 176 Å². The van der Waals surface area contributed by atoms with E-state index in [0.29, 0.717) is 22.7 Å². The number of methoxy groups -OCH3 is 2. The number of amides is 2. The van der Waals surface area contributed by atoms with Gasteiger partial charge in [0.2, 0.25) is 5.91 Å². The number of carbonyl (C=O) groups is 2. The number of nitrogens with zero attached hydrogens (tertiary/aromatic N) is 2. The first kappa shape index (κ1) is 21.4. The summed E-state index contributed by atoms with van der Waals surface area (Å²) in [5.41, 5.74) is 1.98. The molecule has 0 spiro atoms. The van der Waals surface area contributed by atoms with Crippen molar-refractivity contribution in [3.05, 3.63) is 59.7 Å². The quantitative estimate of drug-likeness (QED) is 0.743. The van der Waals surface area contributed by atoms with Gasteiger partial charge in [-0.15, -0.1) is 0 Å². The van der Waals surface area contributed by atoms with Crippen molar-refractivity contribution in [2.75, 3.05) is 52.8 Å². The van der Waals surface area contributed by atoms with Crippen LogP contribution in [-0.2, 0) is 4.79 Å². The van der Waals surface area contributed by atoms with E-state index in [1.54, 1.807) is 62.8 Å². The zero-order valence-electron chi connectivity index (χ0n) is 17.6. The second-order valence-corrected chi connectivity index (χ2v) is 7.10. The molecule has 3 rings (SSSR count). The Balaban J connectivity index is 1.61. The number of anilines is 1. The zero-order chi connectivity index (χ0) is 21.5. The van der Waals surface area contributed by atoms with Gasteiger partial charge in [-0.25, -0.2) is 0 Å². The number of rotatable bonds is 6. The second-order valence-electron chi connectivity index (χ2n) is 7.10. The van der Waals surface area contributed by atoms with Crippen LogP contribution in [0.4, 0.5) is 5.69 Å². The van der Waals surface area contributed by atoms with Gasteiger partial charge in [-0.1, -0.05) is 0 Å². The monoisotopic (exact) mass is 409 g/mol. The highest BCUT2D eigenvalue weighted by molar-refractivity contribution is 6.02. The number of piperazine rings is 1. The third-order valence-electron chi connectivity index (χ3n) is 5.04. The predicted octanol–water partition coefficient (Wildman–Crippen LogP) is 2.74. The minimum absolute atomic E-state index is 0.0194. The Bertz CT molecular complexity index is 917. The number of likely N-dealkylation sites (N-methyl/N-ethyl adjacent to an activating group) is 1. The lowest BCUT2D eigenvalue weighted by atomic mass is 10.1. The smallest absolute Gasteiger partial charge is 0.253 e. The summed E-state index contributed by atoms with van der Waals surface area (Å²) in [5.74, 6) is 1.06. The molecule has 1 aliphatic heterocycles. The maximum atomic E-state index is 12.6. The van der Waals surface area contributed by atoms with E-state index in [4.69, 9.17) is 9.47 Å². The van der Waals surface area contributed by atoms with Gasteiger partial charge in [0.25, 0.3) is 5.91 Å². The molecular weight excluding hydrogens is 382 g/mol. The van der Waals surface area contributed by atoms with Crippen molar-refractivity contribution in [1.82, 2.24) is 9.80 Å². The highest BCUT2D eigenvalue weighted by Crippen LogP contribution is 2.25. The van der Waals surface area contributed by atoms with Crippen LogP contribution in [-0.4, -0.2) is 69.1 Å². The molecule has 2 aromatic rings. The van der Waals surface area contributed by atoms with Crippen molar-refractivity contribution in [2.45, 2.75) is 0 Å². The lowest BCUT2D eigenvalue weighted by Crippen LogP contribution is -2.47. The summed E-state index contributed by atoms with van der Waals surface area (Å²) in [6.07, 6.45) is 3.10. The summed E-state index contributed by atoms with van der Waals surface area (Å²) in [5, 5.41) is 2.80. The number of ether oxygens (including phenoxy) is 2. The molecule has 1 N–H and O–H groups in total. The van der Waals surface area contributed by atoms with E-state index in [1.807, 2.05) is 4.90 Å². The van der Waals surface area contributed by atoms with E-state index in [-0.39, 0.29) is 11.8 Å². The molecule has 1 saturated heterocycles. The number of nitrogens with one attached hydrogen (secondary N) is 1. The van der Waals surface area contributed by atoms with Crippen molar-refractivity contribution in [2.24, 2.45) is 0 Å². The van der Waals surface area contributed by atoms with Crippen LogP contribution in [0, 0.1) is 0 Å². The molecule has 1 fully saturated rings. The van der Waals surface area contributed by atoms with Crippen LogP contribution in [0.3, 0.4) is 0 Å². The van der Waals surface area contributed by atoms with Crippen molar-refractivity contribution < 1.29 is 19.1 Å². The van der Waals surface area contributed by atoms with Gasteiger partial charge in [0.05, 0.1) is 14.2 Å². The fourth-order valence-corrected chi connectivity index (χ4v) is 3.21. The van der Waals surface area contributed by atoms with Crippen molar-refractivity contribution >= 4 is 23.6 Å². The molecule has 2 amide bonds. The summed E-state index contributed by atoms with van der Waals surface area (Å²) in [6, 6.07) is 12.3. The summed E-state index contributed by atoms with van der Waals surface area (Å²) >= 11 is 0. The maximum Gasteiger partial charge on any atom is 0.253 e. The molecule has 2 aromatic carbocycles. The number of benzene rings is 2. The minimum Gasteiger partial charge on any atom is -0.497 e. The normalized spacial score (nSPS) is 14.6. The molecule has 7 heteroatoms. The third-order valence-corrected chi connectivity index (χ3v) is 5.04. The van der Waals surface area contributed by atoms with Crippen LogP contribution in [0.5, 0.6) is 11.5 Å². The number of carbonyl (C=O) groups excluding carboxylic acids is 2. The van der Waals surface area contributed by atoms with Crippen LogP contribution in [0.15, 0.2) is 48.5 Å². The summed E-state index contributed by atoms with van der Waals surface area (Å²) < 4.78 is 10.5. The molecule has 0 saturated carbocycles. The van der Waals surface area contributed by atoms with E-state index in [9.17, 15) is 9.59 Å². The molecule has 7 nitrogen and oxygen atoms in total. The standard InChI is InChI=1S/C23H27N3O4/c1-25-12-14-26(15-13-25)23(28)17-4-7-19(8-5-17)24-22(27)11-6-18-16-20(29-2)9-10-21(18)30-3/h4-11,16H,12-15H2,1-3H3,(H,24,27)/b11-6+. The lowest BCUT2D eigenvalue weighted by Gasteiger charge is -2.32. The first-order valence-corrected chi connectivity index (χ1v) is 9.79. The average molecular weight is 409 g/mol. The Morgan fingerprint density at radius 1 is 0.967 bits per heavy atom. The average Bonchev–Trinajstić information content (AvgIpc) is 2.78. The van der Waals surface area contributed by atoms with Gasteiger partial charge in [-0.2, -0.15) is 0 Å². The van der Waals surface area contributed by atoms with Gasteiger partial charge in [-0.05, 0) is 55.6 Å². The molecule has 0 radical (unpaired) electrons. The molecule has 158 valence electrons. The van der Waals surface area contributed by atoms with Crippen LogP contribution in [0.1, 0.15) is 15.9 Å². The molecule has 1 heterocycles. The molecule has 0 unspecified atom stereocenters. The van der Waals surface area contributed by atoms with E-state index >= 15 is 0 Å². The van der Waals surface area contributed by atoms with Crippen molar-refractivity contribution in [1.29, 1.82) is 0 Å². The summed E-state index contributed by atoms with van der Waals surface area (Å²) in [7, 11) is 5.21. The van der Waals surface area contributed by atoms with Crippen LogP contribution < -0.4 is 14.8 Å². The molecular formula is C23H27N3O4. The van der Waals surface area contributed by atoms with Gasteiger partial charge >= 0.3 is 0 Å². The molecule has 1 aliphatic rings. The third kappa shape index (κ3) is 5.39. The Hall–Kier alpha value is -3.32. The molecule has 0 aliphatic carbocycles. The van der Waals surface area contributed by atoms with Gasteiger partial charge in [0, 0.05) is 49.1 Å². The second kappa shape index (κ2) is 9.93. The maximum absolute atomic E-state index is 12.6. The highest BCUT2D eigenvalue weighted by atomic mass is 16.5. The number of hydrogen-bond acceptors (Lipinski definition) is 5. The zero-order valence-corrected chi connectivity index (χ0v) is 17.6. The van der Waals surface area contributed by atoms with E-state index in [2.05, 4.69) is 17.3 Å². The first-order valence-electron chi connectivity index (χ1n) is 9.79. The topological polar surface area (TPSA) is 71.1 Å². The Morgan fingerprint density at radius 3 is 2.30 bits per heavy atom. The van der Waals surface area contributed by atoms with Crippen molar-refractivity contribution in [3.8, 4) is 11.5 Å². The Morgan fingerprint density at radius 2 is 1.67 bits per heavy atom. The minimum atomic E-state index is -0.280. The van der Waals surface area contributed by atoms with E-state index in [1.165, 1.54) is 6.08 Å². The molecule has 30 heavy (non-hydrogen) atoms. The van der Waals surface area contributed by atoms with Gasteiger partial charge in [-0.3, -0.25) is 9.59 Å². The molecule has 0 atom stereocenters. The van der Waals surface area contributed by atoms with Crippen LogP contribution >= 0.6 is 0 Å². The fraction of sp³-hybridized carbons (Fsp3) is 0.304. The van der Waals surface area contributed by atoms with Crippen LogP contribution in [0.2, 0.25) is 0 Å². The number of hydrogen-bond donors (Lipinski definition) is 1. The first-order chi connectivity index (χ1) is 14.5. The van der Waals surface area contributed by atoms with Crippen molar-refractivity contribution in [3.63, 3.8) is 0 Å². The molecule has 0 bridgehead atoms. The predicted molar refractivity (Wildman–Crippen MR) is 117 cm³/mol.